The molecule has 1 heterocycles. The molecule has 0 saturated carbocycles. The number of nitrogens with two attached hydrogens (primary N) is 1. The first-order chi connectivity index (χ1) is 9.35. The number of halogens is 4. The lowest BCUT2D eigenvalue weighted by atomic mass is 10.2. The molecule has 0 amide bonds. The Kier molecular flexibility index (Phi) is 4.29. The van der Waals surface area contributed by atoms with Gasteiger partial charge in [-0.1, -0.05) is 5.16 Å². The molecule has 2 aromatic rings. The lowest BCUT2D eigenvalue weighted by Gasteiger charge is -2.04. The van der Waals surface area contributed by atoms with Crippen LogP contribution in [0.3, 0.4) is 0 Å². The fourth-order valence-electron chi connectivity index (χ4n) is 1.36. The number of rotatable bonds is 4. The number of aromatic nitrogens is 2. The number of anilines is 1. The minimum atomic E-state index is -4.38. The van der Waals surface area contributed by atoms with Crippen LogP contribution in [-0.4, -0.2) is 22.9 Å². The third-order valence-electron chi connectivity index (χ3n) is 2.21. The van der Waals surface area contributed by atoms with Gasteiger partial charge < -0.3 is 15.0 Å². The Labute approximate surface area is 120 Å². The molecule has 2 N–H and O–H groups in total. The quantitative estimate of drug-likeness (QED) is 0.856. The average molecular weight is 352 g/mol. The number of hydrogen-bond donors (Lipinski definition) is 1. The molecular weight excluding hydrogens is 343 g/mol. The van der Waals surface area contributed by atoms with Crippen molar-refractivity contribution in [2.45, 2.75) is 12.8 Å². The second kappa shape index (κ2) is 5.80. The highest BCUT2D eigenvalue weighted by Crippen LogP contribution is 2.26. The highest BCUT2D eigenvalue weighted by molar-refractivity contribution is 9.10. The molecule has 0 radical (unpaired) electrons. The van der Waals surface area contributed by atoms with E-state index in [2.05, 4.69) is 30.8 Å². The van der Waals surface area contributed by atoms with Crippen LogP contribution in [0.1, 0.15) is 5.82 Å². The van der Waals surface area contributed by atoms with E-state index in [1.54, 1.807) is 18.2 Å². The van der Waals surface area contributed by atoms with Crippen LogP contribution in [0.25, 0.3) is 11.5 Å². The zero-order valence-electron chi connectivity index (χ0n) is 9.95. The van der Waals surface area contributed by atoms with Gasteiger partial charge in [-0.3, -0.25) is 0 Å². The Morgan fingerprint density at radius 2 is 2.10 bits per heavy atom. The Balaban J connectivity index is 2.03. The van der Waals surface area contributed by atoms with Crippen molar-refractivity contribution in [2.24, 2.45) is 0 Å². The highest BCUT2D eigenvalue weighted by atomic mass is 79.9. The molecule has 0 saturated heterocycles. The third kappa shape index (κ3) is 3.94. The lowest BCUT2D eigenvalue weighted by Crippen LogP contribution is -2.16. The zero-order chi connectivity index (χ0) is 14.8. The highest BCUT2D eigenvalue weighted by Gasteiger charge is 2.27. The maximum atomic E-state index is 11.9. The summed E-state index contributed by atoms with van der Waals surface area (Å²) >= 11 is 3.24. The predicted molar refractivity (Wildman–Crippen MR) is 67.6 cm³/mol. The second-order valence-electron chi connectivity index (χ2n) is 3.86. The molecule has 0 bridgehead atoms. The van der Waals surface area contributed by atoms with Gasteiger partial charge >= 0.3 is 6.18 Å². The Morgan fingerprint density at radius 3 is 2.75 bits per heavy atom. The van der Waals surface area contributed by atoms with Crippen molar-refractivity contribution in [3.05, 3.63) is 28.5 Å². The largest absolute Gasteiger partial charge is 0.411 e. The van der Waals surface area contributed by atoms with Gasteiger partial charge in [0.1, 0.15) is 13.2 Å². The van der Waals surface area contributed by atoms with Gasteiger partial charge in [0.2, 0.25) is 0 Å². The summed E-state index contributed by atoms with van der Waals surface area (Å²) in [5.41, 5.74) is 6.76. The van der Waals surface area contributed by atoms with Crippen LogP contribution in [0.4, 0.5) is 18.9 Å². The average Bonchev–Trinajstić information content (AvgIpc) is 2.80. The van der Waals surface area contributed by atoms with Crippen molar-refractivity contribution in [1.82, 2.24) is 10.1 Å². The number of ether oxygens (including phenoxy) is 1. The fraction of sp³-hybridized carbons (Fsp3) is 0.273. The van der Waals surface area contributed by atoms with Gasteiger partial charge in [-0.25, -0.2) is 0 Å². The first kappa shape index (κ1) is 14.8. The predicted octanol–water partition coefficient (Wildman–Crippen LogP) is 3.16. The molecule has 0 aliphatic rings. The van der Waals surface area contributed by atoms with E-state index in [1.165, 1.54) is 0 Å². The number of nitrogens with zero attached hydrogens (tertiary/aromatic N) is 2. The summed E-state index contributed by atoms with van der Waals surface area (Å²) in [6, 6.07) is 5.00. The third-order valence-corrected chi connectivity index (χ3v) is 2.93. The molecule has 0 fully saturated rings. The number of hydrogen-bond acceptors (Lipinski definition) is 5. The monoisotopic (exact) mass is 351 g/mol. The van der Waals surface area contributed by atoms with Gasteiger partial charge in [-0.2, -0.15) is 18.2 Å². The molecule has 2 rings (SSSR count). The summed E-state index contributed by atoms with van der Waals surface area (Å²) < 4.78 is 45.8. The van der Waals surface area contributed by atoms with Crippen molar-refractivity contribution in [1.29, 1.82) is 0 Å². The van der Waals surface area contributed by atoms with Crippen LogP contribution in [0.5, 0.6) is 0 Å². The van der Waals surface area contributed by atoms with Crippen LogP contribution < -0.4 is 5.73 Å². The normalized spacial score (nSPS) is 11.8. The number of alkyl halides is 3. The molecule has 0 aliphatic carbocycles. The fourth-order valence-corrected chi connectivity index (χ4v) is 1.61. The van der Waals surface area contributed by atoms with Crippen molar-refractivity contribution in [3.63, 3.8) is 0 Å². The molecule has 0 unspecified atom stereocenters. The maximum absolute atomic E-state index is 11.9. The number of benzene rings is 1. The summed E-state index contributed by atoms with van der Waals surface area (Å²) in [4.78, 5) is 3.93. The van der Waals surface area contributed by atoms with Gasteiger partial charge in [0.15, 0.2) is 5.82 Å². The van der Waals surface area contributed by atoms with Crippen molar-refractivity contribution in [3.8, 4) is 11.5 Å². The molecule has 9 heteroatoms. The van der Waals surface area contributed by atoms with Crippen LogP contribution in [0.2, 0.25) is 0 Å². The Morgan fingerprint density at radius 1 is 1.35 bits per heavy atom. The van der Waals surface area contributed by atoms with E-state index in [1.807, 2.05) is 0 Å². The SMILES string of the molecule is Nc1cc(-c2nc(COCC(F)(F)F)no2)ccc1Br. The molecule has 108 valence electrons. The summed E-state index contributed by atoms with van der Waals surface area (Å²) in [6.45, 7) is -1.74. The van der Waals surface area contributed by atoms with Crippen LogP contribution >= 0.6 is 15.9 Å². The smallest absolute Gasteiger partial charge is 0.398 e. The van der Waals surface area contributed by atoms with Crippen LogP contribution in [0, 0.1) is 0 Å². The minimum absolute atomic E-state index is 0.0331. The topological polar surface area (TPSA) is 74.2 Å². The van der Waals surface area contributed by atoms with Gasteiger partial charge in [-0.05, 0) is 34.1 Å². The molecule has 0 aliphatic heterocycles. The molecule has 20 heavy (non-hydrogen) atoms. The van der Waals surface area contributed by atoms with E-state index < -0.39 is 12.8 Å². The molecule has 0 atom stereocenters. The minimum Gasteiger partial charge on any atom is -0.398 e. The molecule has 1 aromatic heterocycles. The zero-order valence-corrected chi connectivity index (χ0v) is 11.5. The van der Waals surface area contributed by atoms with Gasteiger partial charge in [0, 0.05) is 15.7 Å². The van der Waals surface area contributed by atoms with Gasteiger partial charge in [-0.15, -0.1) is 0 Å². The molecule has 5 nitrogen and oxygen atoms in total. The number of nitrogen functional groups attached to an aromatic ring is 1. The van der Waals surface area contributed by atoms with E-state index in [4.69, 9.17) is 10.3 Å². The Hall–Kier alpha value is -1.61. The van der Waals surface area contributed by atoms with E-state index in [0.717, 1.165) is 4.47 Å². The second-order valence-corrected chi connectivity index (χ2v) is 4.71. The van der Waals surface area contributed by atoms with E-state index in [0.29, 0.717) is 11.3 Å². The molecule has 1 aromatic carbocycles. The summed E-state index contributed by atoms with van der Waals surface area (Å²) in [5.74, 6) is 0.195. The first-order valence-corrected chi connectivity index (χ1v) is 6.17. The summed E-state index contributed by atoms with van der Waals surface area (Å²) in [6.07, 6.45) is -4.38. The van der Waals surface area contributed by atoms with Gasteiger partial charge in [0.25, 0.3) is 5.89 Å². The summed E-state index contributed by atoms with van der Waals surface area (Å²) in [5, 5.41) is 3.53. The van der Waals surface area contributed by atoms with Crippen LogP contribution in [0.15, 0.2) is 27.2 Å². The molecular formula is C11H9BrF3N3O2. The van der Waals surface area contributed by atoms with E-state index >= 15 is 0 Å². The van der Waals surface area contributed by atoms with E-state index in [9.17, 15) is 13.2 Å². The maximum Gasteiger partial charge on any atom is 0.411 e. The lowest BCUT2D eigenvalue weighted by molar-refractivity contribution is -0.177. The summed E-state index contributed by atoms with van der Waals surface area (Å²) in [7, 11) is 0. The Bertz CT molecular complexity index is 601. The van der Waals surface area contributed by atoms with Crippen molar-refractivity contribution < 1.29 is 22.4 Å². The first-order valence-electron chi connectivity index (χ1n) is 5.37. The standard InChI is InChI=1S/C11H9BrF3N3O2/c12-7-2-1-6(3-8(7)16)10-17-9(18-20-10)4-19-5-11(13,14)15/h1-3H,4-5,16H2. The van der Waals surface area contributed by atoms with Crippen molar-refractivity contribution >= 4 is 21.6 Å². The van der Waals surface area contributed by atoms with Gasteiger partial charge in [0.05, 0.1) is 0 Å². The van der Waals surface area contributed by atoms with Crippen molar-refractivity contribution in [2.75, 3.05) is 12.3 Å². The van der Waals surface area contributed by atoms with Crippen LogP contribution in [-0.2, 0) is 11.3 Å². The van der Waals surface area contributed by atoms with E-state index in [-0.39, 0.29) is 18.3 Å². The molecule has 0 spiro atoms.